The predicted molar refractivity (Wildman–Crippen MR) is 44.4 cm³/mol. The van der Waals surface area contributed by atoms with Crippen molar-refractivity contribution in [1.29, 1.82) is 0 Å². The van der Waals surface area contributed by atoms with E-state index in [4.69, 9.17) is 14.7 Å². The van der Waals surface area contributed by atoms with Crippen molar-refractivity contribution in [1.82, 2.24) is 0 Å². The van der Waals surface area contributed by atoms with Crippen LogP contribution in [-0.2, 0) is 13.6 Å². The van der Waals surface area contributed by atoms with Gasteiger partial charge in [0.25, 0.3) is 0 Å². The van der Waals surface area contributed by atoms with Gasteiger partial charge in [-0.05, 0) is 13.8 Å². The second kappa shape index (κ2) is 11.3. The van der Waals surface area contributed by atoms with E-state index in [9.17, 15) is 4.57 Å². The van der Waals surface area contributed by atoms with Crippen molar-refractivity contribution in [2.24, 2.45) is 0 Å². The van der Waals surface area contributed by atoms with Crippen LogP contribution in [0.2, 0.25) is 0 Å². The normalized spacial score (nSPS) is 9.17. The molecule has 0 rings (SSSR count). The molecular formula is C4H13O6P2+. The van der Waals surface area contributed by atoms with Gasteiger partial charge in [0.1, 0.15) is 13.2 Å². The van der Waals surface area contributed by atoms with Gasteiger partial charge in [0.2, 0.25) is 0 Å². The van der Waals surface area contributed by atoms with Gasteiger partial charge in [0.15, 0.2) is 0 Å². The van der Waals surface area contributed by atoms with Crippen molar-refractivity contribution < 1.29 is 28.3 Å². The SMILES string of the molecule is CCO[P+](=O)OCC.OP(O)O. The molecule has 0 amide bonds. The number of rotatable bonds is 4. The maximum Gasteiger partial charge on any atom is 0.697 e. The quantitative estimate of drug-likeness (QED) is 0.608. The molecule has 8 heteroatoms. The van der Waals surface area contributed by atoms with Gasteiger partial charge in [0.05, 0.1) is 0 Å². The molecule has 0 aliphatic carbocycles. The Kier molecular flexibility index (Phi) is 14.0. The molecule has 0 aromatic heterocycles. The summed E-state index contributed by atoms with van der Waals surface area (Å²) in [6, 6.07) is 0. The summed E-state index contributed by atoms with van der Waals surface area (Å²) in [5, 5.41) is 0. The van der Waals surface area contributed by atoms with Crippen molar-refractivity contribution in [2.75, 3.05) is 13.2 Å². The molecule has 0 heterocycles. The first-order valence-electron chi connectivity index (χ1n) is 3.14. The highest BCUT2D eigenvalue weighted by atomic mass is 31.2. The largest absolute Gasteiger partial charge is 0.697 e. The molecule has 0 aromatic carbocycles. The summed E-state index contributed by atoms with van der Waals surface area (Å²) in [5.74, 6) is 0. The lowest BCUT2D eigenvalue weighted by atomic mass is 10.9. The summed E-state index contributed by atoms with van der Waals surface area (Å²) >= 11 is 0. The van der Waals surface area contributed by atoms with Crippen LogP contribution in [0, 0.1) is 0 Å². The van der Waals surface area contributed by atoms with E-state index in [-0.39, 0.29) is 0 Å². The Bertz CT molecular complexity index is 97.0. The molecule has 0 radical (unpaired) electrons. The fraction of sp³-hybridized carbons (Fsp3) is 1.00. The second-order valence-corrected chi connectivity index (χ2v) is 2.83. The van der Waals surface area contributed by atoms with Crippen molar-refractivity contribution in [3.8, 4) is 0 Å². The Balaban J connectivity index is 0. The summed E-state index contributed by atoms with van der Waals surface area (Å²) in [6.45, 7) is 4.42. The highest BCUT2D eigenvalue weighted by Gasteiger charge is 2.15. The van der Waals surface area contributed by atoms with E-state index < -0.39 is 16.9 Å². The molecule has 0 saturated heterocycles. The smallest absolute Gasteiger partial charge is 0.328 e. The van der Waals surface area contributed by atoms with Crippen molar-refractivity contribution >= 4 is 16.9 Å². The molecule has 0 saturated carbocycles. The minimum absolute atomic E-state index is 0.440. The first kappa shape index (κ1) is 14.8. The minimum atomic E-state index is -2.62. The van der Waals surface area contributed by atoms with E-state index in [2.05, 4.69) is 9.05 Å². The number of hydrogen-bond acceptors (Lipinski definition) is 6. The Hall–Kier alpha value is 0.330. The zero-order valence-electron chi connectivity index (χ0n) is 6.88. The highest BCUT2D eigenvalue weighted by molar-refractivity contribution is 7.38. The van der Waals surface area contributed by atoms with E-state index in [1.165, 1.54) is 0 Å². The lowest BCUT2D eigenvalue weighted by Crippen LogP contribution is -1.81. The summed E-state index contributed by atoms with van der Waals surface area (Å²) in [6.07, 6.45) is 0. The fourth-order valence-corrected chi connectivity index (χ4v) is 0.744. The topological polar surface area (TPSA) is 96.2 Å². The van der Waals surface area contributed by atoms with Crippen molar-refractivity contribution in [3.05, 3.63) is 0 Å². The van der Waals surface area contributed by atoms with E-state index in [0.717, 1.165) is 0 Å². The summed E-state index contributed by atoms with van der Waals surface area (Å²) < 4.78 is 19.5. The lowest BCUT2D eigenvalue weighted by molar-refractivity contribution is 0.243. The molecule has 0 aromatic rings. The molecule has 0 fully saturated rings. The van der Waals surface area contributed by atoms with Gasteiger partial charge in [-0.2, -0.15) is 0 Å². The standard InChI is InChI=1S/C4H10O3P.H3O3P/c1-3-6-8(5)7-4-2;1-4(2)3/h3-4H2,1-2H3;1-3H/q+1;. The van der Waals surface area contributed by atoms with Gasteiger partial charge in [-0.3, -0.25) is 0 Å². The Morgan fingerprint density at radius 3 is 1.58 bits per heavy atom. The fourth-order valence-electron chi connectivity index (χ4n) is 0.248. The average molecular weight is 219 g/mol. The molecule has 12 heavy (non-hydrogen) atoms. The molecule has 0 atom stereocenters. The van der Waals surface area contributed by atoms with Crippen LogP contribution in [0.25, 0.3) is 0 Å². The molecule has 0 aliphatic rings. The zero-order chi connectivity index (χ0) is 9.98. The third-order valence-electron chi connectivity index (χ3n) is 0.469. The summed E-state index contributed by atoms with van der Waals surface area (Å²) in [7, 11) is -4.45. The van der Waals surface area contributed by atoms with Gasteiger partial charge in [-0.25, -0.2) is 0 Å². The average Bonchev–Trinajstić information content (AvgIpc) is 1.87. The zero-order valence-corrected chi connectivity index (χ0v) is 8.66. The van der Waals surface area contributed by atoms with Crippen LogP contribution >= 0.6 is 16.9 Å². The monoisotopic (exact) mass is 219 g/mol. The molecule has 0 unspecified atom stereocenters. The molecular weight excluding hydrogens is 206 g/mol. The summed E-state index contributed by atoms with van der Waals surface area (Å²) in [5.41, 5.74) is 0. The molecule has 6 nitrogen and oxygen atoms in total. The Morgan fingerprint density at radius 1 is 1.17 bits per heavy atom. The molecule has 0 aliphatic heterocycles. The van der Waals surface area contributed by atoms with Crippen LogP contribution in [-0.4, -0.2) is 27.9 Å². The van der Waals surface area contributed by atoms with Gasteiger partial charge >= 0.3 is 16.9 Å². The number of hydrogen-bond donors (Lipinski definition) is 3. The highest BCUT2D eigenvalue weighted by Crippen LogP contribution is 2.21. The molecule has 0 spiro atoms. The Morgan fingerprint density at radius 2 is 1.42 bits per heavy atom. The van der Waals surface area contributed by atoms with E-state index in [1.54, 1.807) is 13.8 Å². The van der Waals surface area contributed by atoms with Crippen LogP contribution in [0.15, 0.2) is 0 Å². The van der Waals surface area contributed by atoms with Crippen molar-refractivity contribution in [2.45, 2.75) is 13.8 Å². The van der Waals surface area contributed by atoms with E-state index in [0.29, 0.717) is 13.2 Å². The maximum absolute atomic E-state index is 10.3. The van der Waals surface area contributed by atoms with Crippen LogP contribution in [0.5, 0.6) is 0 Å². The maximum atomic E-state index is 10.3. The molecule has 74 valence electrons. The Labute approximate surface area is 73.1 Å². The van der Waals surface area contributed by atoms with Gasteiger partial charge in [0, 0.05) is 4.57 Å². The van der Waals surface area contributed by atoms with Crippen LogP contribution in [0.3, 0.4) is 0 Å². The first-order valence-corrected chi connectivity index (χ1v) is 5.43. The molecule has 3 N–H and O–H groups in total. The minimum Gasteiger partial charge on any atom is -0.328 e. The third-order valence-corrected chi connectivity index (χ3v) is 1.41. The van der Waals surface area contributed by atoms with Gasteiger partial charge in [-0.1, -0.05) is 0 Å². The summed E-state index contributed by atoms with van der Waals surface area (Å²) in [4.78, 5) is 21.7. The third kappa shape index (κ3) is 22.4. The van der Waals surface area contributed by atoms with Gasteiger partial charge < -0.3 is 14.7 Å². The first-order chi connectivity index (χ1) is 5.54. The van der Waals surface area contributed by atoms with Crippen LogP contribution < -0.4 is 0 Å². The van der Waals surface area contributed by atoms with Crippen molar-refractivity contribution in [3.63, 3.8) is 0 Å². The van der Waals surface area contributed by atoms with Crippen LogP contribution in [0.1, 0.15) is 13.8 Å². The molecule has 0 bridgehead atoms. The van der Waals surface area contributed by atoms with Gasteiger partial charge in [-0.15, -0.1) is 9.05 Å². The van der Waals surface area contributed by atoms with E-state index >= 15 is 0 Å². The van der Waals surface area contributed by atoms with Crippen LogP contribution in [0.4, 0.5) is 0 Å². The predicted octanol–water partition coefficient (Wildman–Crippen LogP) is 0.907. The second-order valence-electron chi connectivity index (χ2n) is 1.33. The van der Waals surface area contributed by atoms with E-state index in [1.807, 2.05) is 0 Å². The lowest BCUT2D eigenvalue weighted by Gasteiger charge is -1.78.